The quantitative estimate of drug-likeness (QED) is 0.878. The molecule has 0 aliphatic rings. The lowest BCUT2D eigenvalue weighted by Gasteiger charge is -2.03. The molecule has 0 amide bonds. The van der Waals surface area contributed by atoms with Crippen LogP contribution in [0.3, 0.4) is 0 Å². The zero-order valence-electron chi connectivity index (χ0n) is 9.63. The Labute approximate surface area is 104 Å². The molecular formula is C13H16N2OS. The number of fused-ring (bicyclic) bond motifs is 1. The third-order valence-electron chi connectivity index (χ3n) is 2.54. The van der Waals surface area contributed by atoms with E-state index in [0.717, 1.165) is 23.0 Å². The highest BCUT2D eigenvalue weighted by Gasteiger charge is 2.03. The fourth-order valence-corrected chi connectivity index (χ4v) is 2.79. The van der Waals surface area contributed by atoms with E-state index in [9.17, 15) is 4.21 Å². The van der Waals surface area contributed by atoms with Gasteiger partial charge in [-0.25, -0.2) is 0 Å². The third kappa shape index (κ3) is 3.35. The van der Waals surface area contributed by atoms with Crippen LogP contribution in [0.25, 0.3) is 10.9 Å². The Morgan fingerprint density at radius 1 is 1.18 bits per heavy atom. The number of para-hydroxylation sites is 1. The molecule has 0 bridgehead atoms. The molecule has 1 atom stereocenters. The highest BCUT2D eigenvalue weighted by Crippen LogP contribution is 2.12. The van der Waals surface area contributed by atoms with E-state index in [2.05, 4.69) is 4.98 Å². The van der Waals surface area contributed by atoms with Gasteiger partial charge in [0.2, 0.25) is 0 Å². The van der Waals surface area contributed by atoms with Gasteiger partial charge in [-0.2, -0.15) is 0 Å². The average Bonchev–Trinajstić information content (AvgIpc) is 2.36. The van der Waals surface area contributed by atoms with Crippen LogP contribution in [0.4, 0.5) is 0 Å². The van der Waals surface area contributed by atoms with Gasteiger partial charge in [-0.1, -0.05) is 24.3 Å². The maximum atomic E-state index is 11.7. The van der Waals surface area contributed by atoms with Crippen LogP contribution in [-0.4, -0.2) is 21.5 Å². The van der Waals surface area contributed by atoms with Crippen molar-refractivity contribution in [1.29, 1.82) is 0 Å². The lowest BCUT2D eigenvalue weighted by molar-refractivity contribution is 0.679. The van der Waals surface area contributed by atoms with Gasteiger partial charge < -0.3 is 5.73 Å². The van der Waals surface area contributed by atoms with Gasteiger partial charge in [-0.15, -0.1) is 0 Å². The Bertz CT molecular complexity index is 528. The summed E-state index contributed by atoms with van der Waals surface area (Å²) in [7, 11) is -0.856. The Hall–Kier alpha value is -1.26. The highest BCUT2D eigenvalue weighted by molar-refractivity contribution is 7.84. The number of hydrogen-bond acceptors (Lipinski definition) is 3. The summed E-state index contributed by atoms with van der Waals surface area (Å²) in [5, 5.41) is 1.11. The van der Waals surface area contributed by atoms with Gasteiger partial charge in [0.15, 0.2) is 0 Å². The van der Waals surface area contributed by atoms with Crippen LogP contribution in [-0.2, 0) is 16.6 Å². The number of aromatic nitrogens is 1. The van der Waals surface area contributed by atoms with Gasteiger partial charge in [-0.3, -0.25) is 9.19 Å². The van der Waals surface area contributed by atoms with Crippen LogP contribution in [0.15, 0.2) is 36.4 Å². The summed E-state index contributed by atoms with van der Waals surface area (Å²) < 4.78 is 11.7. The second-order valence-electron chi connectivity index (χ2n) is 3.93. The van der Waals surface area contributed by atoms with Gasteiger partial charge in [-0.05, 0) is 25.1 Å². The number of nitrogens with zero attached hydrogens (tertiary/aromatic N) is 1. The normalized spacial score (nSPS) is 12.8. The molecule has 2 aromatic rings. The fourth-order valence-electron chi connectivity index (χ4n) is 1.67. The summed E-state index contributed by atoms with van der Waals surface area (Å²) in [6.45, 7) is 0.594. The SMILES string of the molecule is NCCCS(=O)Cc1ccc2ccccc2n1. The molecule has 17 heavy (non-hydrogen) atoms. The van der Waals surface area contributed by atoms with Crippen LogP contribution in [0.2, 0.25) is 0 Å². The van der Waals surface area contributed by atoms with E-state index in [4.69, 9.17) is 5.73 Å². The number of hydrogen-bond donors (Lipinski definition) is 1. The van der Waals surface area contributed by atoms with Crippen LogP contribution in [0.5, 0.6) is 0 Å². The minimum atomic E-state index is -0.856. The summed E-state index contributed by atoms with van der Waals surface area (Å²) in [4.78, 5) is 4.50. The molecule has 2 rings (SSSR count). The maximum Gasteiger partial charge on any atom is 0.0705 e. The molecule has 1 unspecified atom stereocenters. The van der Waals surface area contributed by atoms with Crippen LogP contribution < -0.4 is 5.73 Å². The average molecular weight is 248 g/mol. The van der Waals surface area contributed by atoms with Crippen molar-refractivity contribution >= 4 is 21.7 Å². The Morgan fingerprint density at radius 3 is 2.82 bits per heavy atom. The minimum absolute atomic E-state index is 0.519. The topological polar surface area (TPSA) is 56.0 Å². The van der Waals surface area contributed by atoms with Gasteiger partial charge in [0.05, 0.1) is 17.0 Å². The lowest BCUT2D eigenvalue weighted by atomic mass is 10.2. The number of benzene rings is 1. The van der Waals surface area contributed by atoms with Gasteiger partial charge in [0.25, 0.3) is 0 Å². The van der Waals surface area contributed by atoms with Gasteiger partial charge in [0, 0.05) is 21.9 Å². The Kier molecular flexibility index (Phi) is 4.23. The van der Waals surface area contributed by atoms with E-state index in [1.807, 2.05) is 36.4 Å². The number of nitrogens with two attached hydrogens (primary N) is 1. The second-order valence-corrected chi connectivity index (χ2v) is 5.50. The van der Waals surface area contributed by atoms with Gasteiger partial charge >= 0.3 is 0 Å². The molecule has 0 aliphatic heterocycles. The lowest BCUT2D eigenvalue weighted by Crippen LogP contribution is -2.08. The van der Waals surface area contributed by atoms with E-state index in [0.29, 0.717) is 18.1 Å². The zero-order valence-corrected chi connectivity index (χ0v) is 10.5. The Morgan fingerprint density at radius 2 is 2.00 bits per heavy atom. The van der Waals surface area contributed by atoms with E-state index < -0.39 is 10.8 Å². The smallest absolute Gasteiger partial charge is 0.0705 e. The summed E-state index contributed by atoms with van der Waals surface area (Å²) in [6.07, 6.45) is 0.806. The third-order valence-corrected chi connectivity index (χ3v) is 3.90. The molecule has 2 N–H and O–H groups in total. The van der Waals surface area contributed by atoms with E-state index >= 15 is 0 Å². The number of pyridine rings is 1. The monoisotopic (exact) mass is 248 g/mol. The van der Waals surface area contributed by atoms with Crippen LogP contribution >= 0.6 is 0 Å². The molecule has 0 fully saturated rings. The first-order valence-corrected chi connectivity index (χ1v) is 7.18. The molecule has 0 saturated carbocycles. The first-order chi connectivity index (χ1) is 8.29. The predicted molar refractivity (Wildman–Crippen MR) is 72.1 cm³/mol. The maximum absolute atomic E-state index is 11.7. The van der Waals surface area contributed by atoms with Crippen molar-refractivity contribution in [3.05, 3.63) is 42.1 Å². The summed E-state index contributed by atoms with van der Waals surface area (Å²) >= 11 is 0. The molecule has 1 aromatic carbocycles. The van der Waals surface area contributed by atoms with Crippen molar-refractivity contribution in [3.8, 4) is 0 Å². The standard InChI is InChI=1S/C13H16N2OS/c14-8-3-9-17(16)10-12-7-6-11-4-1-2-5-13(11)15-12/h1-2,4-7H,3,8-10,14H2. The zero-order chi connectivity index (χ0) is 12.1. The molecule has 90 valence electrons. The molecule has 1 heterocycles. The largest absolute Gasteiger partial charge is 0.330 e. The molecule has 0 aliphatic carbocycles. The predicted octanol–water partition coefficient (Wildman–Crippen LogP) is 1.83. The van der Waals surface area contributed by atoms with Crippen molar-refractivity contribution in [2.45, 2.75) is 12.2 Å². The molecule has 0 radical (unpaired) electrons. The molecule has 4 heteroatoms. The van der Waals surface area contributed by atoms with Crippen molar-refractivity contribution < 1.29 is 4.21 Å². The molecule has 1 aromatic heterocycles. The molecular weight excluding hydrogens is 232 g/mol. The number of rotatable bonds is 5. The first kappa shape index (κ1) is 12.2. The molecule has 0 spiro atoms. The molecule has 3 nitrogen and oxygen atoms in total. The first-order valence-electron chi connectivity index (χ1n) is 5.69. The second kappa shape index (κ2) is 5.89. The van der Waals surface area contributed by atoms with E-state index in [-0.39, 0.29) is 0 Å². The Balaban J connectivity index is 2.11. The van der Waals surface area contributed by atoms with Crippen LogP contribution in [0, 0.1) is 0 Å². The van der Waals surface area contributed by atoms with Gasteiger partial charge in [0.1, 0.15) is 0 Å². The van der Waals surface area contributed by atoms with Crippen molar-refractivity contribution in [3.63, 3.8) is 0 Å². The summed E-state index contributed by atoms with van der Waals surface area (Å²) in [6, 6.07) is 11.9. The van der Waals surface area contributed by atoms with Crippen molar-refractivity contribution in [2.75, 3.05) is 12.3 Å². The highest BCUT2D eigenvalue weighted by atomic mass is 32.2. The van der Waals surface area contributed by atoms with Crippen LogP contribution in [0.1, 0.15) is 12.1 Å². The molecule has 0 saturated heterocycles. The van der Waals surface area contributed by atoms with E-state index in [1.165, 1.54) is 0 Å². The minimum Gasteiger partial charge on any atom is -0.330 e. The summed E-state index contributed by atoms with van der Waals surface area (Å²) in [5.74, 6) is 1.18. The summed E-state index contributed by atoms with van der Waals surface area (Å²) in [5.41, 5.74) is 7.24. The van der Waals surface area contributed by atoms with Crippen molar-refractivity contribution in [1.82, 2.24) is 4.98 Å². The fraction of sp³-hybridized carbons (Fsp3) is 0.308. The van der Waals surface area contributed by atoms with Crippen molar-refractivity contribution in [2.24, 2.45) is 5.73 Å². The van der Waals surface area contributed by atoms with E-state index in [1.54, 1.807) is 0 Å².